The number of aryl methyl sites for hydroxylation is 1. The molecule has 0 amide bonds. The Hall–Kier alpha value is -1.66. The summed E-state index contributed by atoms with van der Waals surface area (Å²) in [4.78, 5) is 4.64. The van der Waals surface area contributed by atoms with Gasteiger partial charge in [0.2, 0.25) is 0 Å². The van der Waals surface area contributed by atoms with Crippen molar-refractivity contribution in [1.29, 1.82) is 0 Å². The number of hydrogen-bond donors (Lipinski definition) is 1. The molecule has 1 atom stereocenters. The Kier molecular flexibility index (Phi) is 5.74. The van der Waals surface area contributed by atoms with Crippen molar-refractivity contribution in [2.45, 2.75) is 59.4 Å². The molecular formula is C22H30NOP. The van der Waals surface area contributed by atoms with Crippen LogP contribution in [0.5, 0.6) is 5.75 Å². The highest BCUT2D eigenvalue weighted by Gasteiger charge is 2.18. The van der Waals surface area contributed by atoms with Crippen LogP contribution in [0.25, 0.3) is 0 Å². The molecule has 3 heteroatoms. The molecule has 1 unspecified atom stereocenters. The van der Waals surface area contributed by atoms with E-state index < -0.39 is 0 Å². The zero-order valence-corrected chi connectivity index (χ0v) is 17.4. The topological polar surface area (TPSA) is 32.6 Å². The van der Waals surface area contributed by atoms with E-state index in [1.807, 2.05) is 25.3 Å². The summed E-state index contributed by atoms with van der Waals surface area (Å²) in [6.45, 7) is 14.9. The maximum absolute atomic E-state index is 10.6. The standard InChI is InChI=1S/C22H30NOP/c1-15-12-17(21(2,3)4)13-19(20(15)24)25-18-11-9-8-10-16(18)14-23-22(5,6)7/h8-14,24-25H,1-7H3/b23-14+. The molecule has 1 N–H and O–H groups in total. The van der Waals surface area contributed by atoms with Crippen LogP contribution in [0, 0.1) is 6.92 Å². The van der Waals surface area contributed by atoms with Crippen molar-refractivity contribution in [1.82, 2.24) is 0 Å². The second-order valence-electron chi connectivity index (χ2n) is 8.58. The van der Waals surface area contributed by atoms with Crippen molar-refractivity contribution < 1.29 is 5.11 Å². The van der Waals surface area contributed by atoms with E-state index in [9.17, 15) is 5.11 Å². The summed E-state index contributed by atoms with van der Waals surface area (Å²) in [6.07, 6.45) is 1.96. The fourth-order valence-electron chi connectivity index (χ4n) is 2.44. The molecule has 0 aliphatic rings. The van der Waals surface area contributed by atoms with Crippen LogP contribution in [0.15, 0.2) is 41.4 Å². The van der Waals surface area contributed by atoms with Crippen LogP contribution in [0.4, 0.5) is 0 Å². The third kappa shape index (κ3) is 5.41. The summed E-state index contributed by atoms with van der Waals surface area (Å²) in [5.41, 5.74) is 3.28. The maximum Gasteiger partial charge on any atom is 0.126 e. The Labute approximate surface area is 154 Å². The smallest absolute Gasteiger partial charge is 0.126 e. The number of phenolic OH excluding ortho intramolecular Hbond substituents is 1. The van der Waals surface area contributed by atoms with Gasteiger partial charge >= 0.3 is 0 Å². The third-order valence-corrected chi connectivity index (χ3v) is 5.36. The van der Waals surface area contributed by atoms with Crippen molar-refractivity contribution in [2.24, 2.45) is 4.99 Å². The molecule has 0 saturated heterocycles. The fourth-order valence-corrected chi connectivity index (χ4v) is 3.74. The quantitative estimate of drug-likeness (QED) is 0.620. The molecule has 0 radical (unpaired) electrons. The molecule has 0 saturated carbocycles. The third-order valence-electron chi connectivity index (χ3n) is 3.99. The molecule has 0 fully saturated rings. The second-order valence-corrected chi connectivity index (χ2v) is 9.91. The number of rotatable bonds is 3. The Morgan fingerprint density at radius 1 is 0.960 bits per heavy atom. The summed E-state index contributed by atoms with van der Waals surface area (Å²) >= 11 is 0. The molecule has 2 aromatic rings. The van der Waals surface area contributed by atoms with Crippen LogP contribution < -0.4 is 10.6 Å². The predicted molar refractivity (Wildman–Crippen MR) is 113 cm³/mol. The summed E-state index contributed by atoms with van der Waals surface area (Å²) < 4.78 is 0. The lowest BCUT2D eigenvalue weighted by molar-refractivity contribution is 0.474. The zero-order chi connectivity index (χ0) is 18.8. The number of benzene rings is 2. The van der Waals surface area contributed by atoms with E-state index in [2.05, 4.69) is 70.8 Å². The number of phenols is 1. The Balaban J connectivity index is 2.44. The van der Waals surface area contributed by atoms with Gasteiger partial charge in [0.1, 0.15) is 5.75 Å². The van der Waals surface area contributed by atoms with Gasteiger partial charge in [-0.15, -0.1) is 0 Å². The lowest BCUT2D eigenvalue weighted by Crippen LogP contribution is -2.17. The van der Waals surface area contributed by atoms with E-state index in [0.29, 0.717) is 14.3 Å². The van der Waals surface area contributed by atoms with Crippen molar-refractivity contribution in [3.8, 4) is 5.75 Å². The molecule has 2 nitrogen and oxygen atoms in total. The highest BCUT2D eigenvalue weighted by Crippen LogP contribution is 2.30. The molecular weight excluding hydrogens is 325 g/mol. The van der Waals surface area contributed by atoms with Crippen LogP contribution >= 0.6 is 8.58 Å². The fraction of sp³-hybridized carbons (Fsp3) is 0.409. The van der Waals surface area contributed by atoms with Gasteiger partial charge in [0.15, 0.2) is 0 Å². The summed E-state index contributed by atoms with van der Waals surface area (Å²) in [6, 6.07) is 12.5. The van der Waals surface area contributed by atoms with E-state index in [4.69, 9.17) is 0 Å². The largest absolute Gasteiger partial charge is 0.507 e. The van der Waals surface area contributed by atoms with Crippen molar-refractivity contribution >= 4 is 25.4 Å². The molecule has 0 aliphatic heterocycles. The Morgan fingerprint density at radius 2 is 1.60 bits per heavy atom. The minimum atomic E-state index is -0.0961. The first kappa shape index (κ1) is 19.7. The lowest BCUT2D eigenvalue weighted by Gasteiger charge is -2.22. The molecule has 25 heavy (non-hydrogen) atoms. The first-order chi connectivity index (χ1) is 11.5. The molecule has 0 aromatic heterocycles. The first-order valence-corrected chi connectivity index (χ1v) is 9.73. The average molecular weight is 355 g/mol. The van der Waals surface area contributed by atoms with Gasteiger partial charge in [-0.1, -0.05) is 59.7 Å². The summed E-state index contributed by atoms with van der Waals surface area (Å²) in [5.74, 6) is 0.411. The van der Waals surface area contributed by atoms with Gasteiger partial charge in [0, 0.05) is 17.1 Å². The Morgan fingerprint density at radius 3 is 2.20 bits per heavy atom. The maximum atomic E-state index is 10.6. The van der Waals surface area contributed by atoms with E-state index >= 15 is 0 Å². The van der Waals surface area contributed by atoms with Crippen LogP contribution in [-0.4, -0.2) is 16.9 Å². The van der Waals surface area contributed by atoms with Crippen molar-refractivity contribution in [3.05, 3.63) is 53.1 Å². The number of nitrogens with zero attached hydrogens (tertiary/aromatic N) is 1. The van der Waals surface area contributed by atoms with Gasteiger partial charge in [-0.3, -0.25) is 4.99 Å². The van der Waals surface area contributed by atoms with E-state index in [-0.39, 0.29) is 11.0 Å². The predicted octanol–water partition coefficient (Wildman–Crippen LogP) is 4.84. The van der Waals surface area contributed by atoms with Crippen LogP contribution in [-0.2, 0) is 5.41 Å². The van der Waals surface area contributed by atoms with Crippen LogP contribution in [0.1, 0.15) is 58.2 Å². The molecule has 134 valence electrons. The summed E-state index contributed by atoms with van der Waals surface area (Å²) in [7, 11) is 0.398. The monoisotopic (exact) mass is 355 g/mol. The number of aliphatic imine (C=N–C) groups is 1. The SMILES string of the molecule is Cc1cc(C(C)(C)C)cc(Pc2ccccc2/C=N/C(C)(C)C)c1O. The zero-order valence-electron chi connectivity index (χ0n) is 16.4. The normalized spacial score (nSPS) is 13.2. The average Bonchev–Trinajstić information content (AvgIpc) is 2.49. The minimum absolute atomic E-state index is 0.0604. The van der Waals surface area contributed by atoms with Crippen molar-refractivity contribution in [2.75, 3.05) is 0 Å². The highest BCUT2D eigenvalue weighted by atomic mass is 31.1. The first-order valence-electron chi connectivity index (χ1n) is 8.73. The lowest BCUT2D eigenvalue weighted by atomic mass is 9.86. The molecule has 0 aliphatic carbocycles. The molecule has 0 bridgehead atoms. The molecule has 2 rings (SSSR count). The van der Waals surface area contributed by atoms with E-state index in [1.165, 1.54) is 10.9 Å². The van der Waals surface area contributed by atoms with Gasteiger partial charge in [0.25, 0.3) is 0 Å². The van der Waals surface area contributed by atoms with Gasteiger partial charge in [0.05, 0.1) is 5.54 Å². The van der Waals surface area contributed by atoms with Gasteiger partial charge in [-0.05, 0) is 55.6 Å². The summed E-state index contributed by atoms with van der Waals surface area (Å²) in [5, 5.41) is 12.8. The van der Waals surface area contributed by atoms with Crippen LogP contribution in [0.3, 0.4) is 0 Å². The van der Waals surface area contributed by atoms with Gasteiger partial charge in [-0.2, -0.15) is 0 Å². The molecule has 0 spiro atoms. The van der Waals surface area contributed by atoms with E-state index in [1.54, 1.807) is 0 Å². The molecule has 0 heterocycles. The Bertz CT molecular complexity index is 780. The van der Waals surface area contributed by atoms with Gasteiger partial charge < -0.3 is 5.11 Å². The second kappa shape index (κ2) is 7.30. The van der Waals surface area contributed by atoms with Crippen molar-refractivity contribution in [3.63, 3.8) is 0 Å². The highest BCUT2D eigenvalue weighted by molar-refractivity contribution is 7.56. The number of aromatic hydroxyl groups is 1. The van der Waals surface area contributed by atoms with E-state index in [0.717, 1.165) is 16.4 Å². The van der Waals surface area contributed by atoms with Gasteiger partial charge in [-0.25, -0.2) is 0 Å². The molecule has 2 aromatic carbocycles. The van der Waals surface area contributed by atoms with Crippen LogP contribution in [0.2, 0.25) is 0 Å². The number of hydrogen-bond acceptors (Lipinski definition) is 2. The minimum Gasteiger partial charge on any atom is -0.507 e.